The van der Waals surface area contributed by atoms with E-state index in [4.69, 9.17) is 0 Å². The fourth-order valence-corrected chi connectivity index (χ4v) is 3.42. The van der Waals surface area contributed by atoms with Crippen molar-refractivity contribution in [3.63, 3.8) is 0 Å². The Kier molecular flexibility index (Phi) is 5.66. The molecule has 2 aromatic rings. The first-order valence-electron chi connectivity index (χ1n) is 7.97. The summed E-state index contributed by atoms with van der Waals surface area (Å²) in [6.45, 7) is 0.933. The number of rotatable bonds is 5. The Labute approximate surface area is 141 Å². The minimum Gasteiger partial charge on any atom is -0.325 e. The lowest BCUT2D eigenvalue weighted by Crippen LogP contribution is -2.43. The highest BCUT2D eigenvalue weighted by Crippen LogP contribution is 2.24. The van der Waals surface area contributed by atoms with Gasteiger partial charge in [0.05, 0.1) is 6.04 Å². The summed E-state index contributed by atoms with van der Waals surface area (Å²) in [6, 6.07) is 12.0. The number of hydrogen-bond acceptors (Lipinski definition) is 4. The second-order valence-electron chi connectivity index (χ2n) is 5.67. The number of amides is 1. The van der Waals surface area contributed by atoms with Crippen LogP contribution in [0.3, 0.4) is 0 Å². The van der Waals surface area contributed by atoms with Crippen LogP contribution >= 0.6 is 11.8 Å². The van der Waals surface area contributed by atoms with E-state index in [1.54, 1.807) is 18.0 Å². The van der Waals surface area contributed by atoms with Gasteiger partial charge in [-0.3, -0.25) is 9.78 Å². The molecule has 0 spiro atoms. The number of pyridine rings is 1. The number of benzene rings is 1. The Morgan fingerprint density at radius 1 is 1.26 bits per heavy atom. The largest absolute Gasteiger partial charge is 0.325 e. The average Bonchev–Trinajstić information content (AvgIpc) is 2.63. The topological polar surface area (TPSA) is 54.0 Å². The number of carbonyl (C=O) groups excluding carboxylic acids is 1. The number of aromatic nitrogens is 1. The van der Waals surface area contributed by atoms with Crippen molar-refractivity contribution in [3.8, 4) is 0 Å². The molecule has 0 radical (unpaired) electrons. The first kappa shape index (κ1) is 16.0. The molecule has 0 saturated carbocycles. The van der Waals surface area contributed by atoms with Crippen LogP contribution in [-0.2, 0) is 10.5 Å². The van der Waals surface area contributed by atoms with E-state index in [0.29, 0.717) is 0 Å². The summed E-state index contributed by atoms with van der Waals surface area (Å²) in [7, 11) is 0. The molecule has 1 saturated heterocycles. The highest BCUT2D eigenvalue weighted by molar-refractivity contribution is 7.98. The van der Waals surface area contributed by atoms with E-state index in [1.807, 2.05) is 36.5 Å². The normalized spacial score (nSPS) is 17.7. The third-order valence-electron chi connectivity index (χ3n) is 3.88. The molecule has 1 unspecified atom stereocenters. The van der Waals surface area contributed by atoms with Gasteiger partial charge in [0, 0.05) is 28.7 Å². The molecule has 1 atom stereocenters. The molecule has 5 heteroatoms. The second kappa shape index (κ2) is 8.13. The summed E-state index contributed by atoms with van der Waals surface area (Å²) < 4.78 is 0. The van der Waals surface area contributed by atoms with Crippen LogP contribution in [0.5, 0.6) is 0 Å². The third kappa shape index (κ3) is 4.81. The zero-order valence-electron chi connectivity index (χ0n) is 13.0. The zero-order chi connectivity index (χ0) is 15.9. The van der Waals surface area contributed by atoms with Gasteiger partial charge >= 0.3 is 0 Å². The summed E-state index contributed by atoms with van der Waals surface area (Å²) >= 11 is 1.76. The number of nitrogens with zero attached hydrogens (tertiary/aromatic N) is 1. The number of hydrogen-bond donors (Lipinski definition) is 2. The van der Waals surface area contributed by atoms with E-state index in [9.17, 15) is 4.79 Å². The van der Waals surface area contributed by atoms with Crippen LogP contribution in [0, 0.1) is 0 Å². The van der Waals surface area contributed by atoms with Crippen molar-refractivity contribution >= 4 is 23.4 Å². The van der Waals surface area contributed by atoms with E-state index >= 15 is 0 Å². The van der Waals surface area contributed by atoms with Gasteiger partial charge in [0.25, 0.3) is 0 Å². The molecule has 2 heterocycles. The lowest BCUT2D eigenvalue weighted by atomic mass is 10.0. The summed E-state index contributed by atoms with van der Waals surface area (Å²) in [5.74, 6) is 0.964. The molecule has 1 aliphatic rings. The van der Waals surface area contributed by atoms with Gasteiger partial charge in [-0.2, -0.15) is 0 Å². The maximum atomic E-state index is 12.2. The number of piperidine rings is 1. The molecule has 0 bridgehead atoms. The monoisotopic (exact) mass is 327 g/mol. The minimum absolute atomic E-state index is 0.0524. The van der Waals surface area contributed by atoms with Crippen molar-refractivity contribution in [3.05, 3.63) is 54.4 Å². The van der Waals surface area contributed by atoms with Crippen LogP contribution in [0.1, 0.15) is 24.8 Å². The number of nitrogens with one attached hydrogen (secondary N) is 2. The highest BCUT2D eigenvalue weighted by atomic mass is 32.2. The molecule has 1 amide bonds. The summed E-state index contributed by atoms with van der Waals surface area (Å²) in [4.78, 5) is 17.5. The molecule has 1 aliphatic heterocycles. The zero-order valence-corrected chi connectivity index (χ0v) is 13.8. The fraction of sp³-hybridized carbons (Fsp3) is 0.333. The van der Waals surface area contributed by atoms with E-state index in [-0.39, 0.29) is 11.9 Å². The standard InChI is InChI=1S/C18H21N3OS/c22-18(17-5-1-2-11-20-17)21-15-6-8-16(9-7-15)23-13-14-4-3-10-19-12-14/h3-4,6-10,12,17,20H,1-2,5,11,13H2,(H,21,22). The Morgan fingerprint density at radius 2 is 2.13 bits per heavy atom. The third-order valence-corrected chi connectivity index (χ3v) is 4.96. The average molecular weight is 327 g/mol. The van der Waals surface area contributed by atoms with E-state index in [0.717, 1.165) is 37.2 Å². The number of anilines is 1. The number of carbonyl (C=O) groups is 1. The Balaban J connectivity index is 1.51. The van der Waals surface area contributed by atoms with Crippen LogP contribution in [0.25, 0.3) is 0 Å². The molecule has 23 heavy (non-hydrogen) atoms. The van der Waals surface area contributed by atoms with Crippen LogP contribution in [0.2, 0.25) is 0 Å². The van der Waals surface area contributed by atoms with Crippen LogP contribution in [0.15, 0.2) is 53.7 Å². The minimum atomic E-state index is -0.0524. The maximum Gasteiger partial charge on any atom is 0.241 e. The highest BCUT2D eigenvalue weighted by Gasteiger charge is 2.20. The molecule has 1 aromatic carbocycles. The molecular weight excluding hydrogens is 306 g/mol. The smallest absolute Gasteiger partial charge is 0.241 e. The Bertz CT molecular complexity index is 624. The van der Waals surface area contributed by atoms with Crippen LogP contribution in [-0.4, -0.2) is 23.5 Å². The number of thioether (sulfide) groups is 1. The van der Waals surface area contributed by atoms with Gasteiger partial charge in [-0.15, -0.1) is 11.8 Å². The molecule has 1 aromatic heterocycles. The molecule has 4 nitrogen and oxygen atoms in total. The molecule has 1 fully saturated rings. The van der Waals surface area contributed by atoms with Crippen molar-refractivity contribution in [1.82, 2.24) is 10.3 Å². The quantitative estimate of drug-likeness (QED) is 0.826. The van der Waals surface area contributed by atoms with Gasteiger partial charge < -0.3 is 10.6 Å². The van der Waals surface area contributed by atoms with Gasteiger partial charge in [-0.25, -0.2) is 0 Å². The van der Waals surface area contributed by atoms with E-state index < -0.39 is 0 Å². The van der Waals surface area contributed by atoms with Gasteiger partial charge in [-0.1, -0.05) is 12.5 Å². The van der Waals surface area contributed by atoms with Crippen molar-refractivity contribution in [2.75, 3.05) is 11.9 Å². The SMILES string of the molecule is O=C(Nc1ccc(SCc2cccnc2)cc1)C1CCCCN1. The molecule has 3 rings (SSSR count). The van der Waals surface area contributed by atoms with Gasteiger partial charge in [0.2, 0.25) is 5.91 Å². The van der Waals surface area contributed by atoms with Crippen molar-refractivity contribution in [1.29, 1.82) is 0 Å². The molecule has 0 aliphatic carbocycles. The van der Waals surface area contributed by atoms with Crippen LogP contribution < -0.4 is 10.6 Å². The van der Waals surface area contributed by atoms with Gasteiger partial charge in [-0.05, 0) is 55.3 Å². The lowest BCUT2D eigenvalue weighted by Gasteiger charge is -2.22. The van der Waals surface area contributed by atoms with Gasteiger partial charge in [0.15, 0.2) is 0 Å². The van der Waals surface area contributed by atoms with Crippen molar-refractivity contribution < 1.29 is 4.79 Å². The summed E-state index contributed by atoms with van der Waals surface area (Å²) in [5, 5.41) is 6.26. The first-order valence-corrected chi connectivity index (χ1v) is 8.96. The van der Waals surface area contributed by atoms with Crippen molar-refractivity contribution in [2.45, 2.75) is 36.0 Å². The molecular formula is C18H21N3OS. The second-order valence-corrected chi connectivity index (χ2v) is 6.71. The Morgan fingerprint density at radius 3 is 2.83 bits per heavy atom. The predicted octanol–water partition coefficient (Wildman–Crippen LogP) is 3.45. The van der Waals surface area contributed by atoms with E-state index in [1.165, 1.54) is 10.5 Å². The first-order chi connectivity index (χ1) is 11.3. The summed E-state index contributed by atoms with van der Waals surface area (Å²) in [6.07, 6.45) is 6.87. The molecule has 120 valence electrons. The predicted molar refractivity (Wildman–Crippen MR) is 94.5 cm³/mol. The van der Waals surface area contributed by atoms with Crippen molar-refractivity contribution in [2.24, 2.45) is 0 Å². The van der Waals surface area contributed by atoms with Crippen LogP contribution in [0.4, 0.5) is 5.69 Å². The van der Waals surface area contributed by atoms with E-state index in [2.05, 4.69) is 21.7 Å². The van der Waals surface area contributed by atoms with Gasteiger partial charge in [0.1, 0.15) is 0 Å². The Hall–Kier alpha value is -1.85. The fourth-order valence-electron chi connectivity index (χ4n) is 2.59. The maximum absolute atomic E-state index is 12.2. The molecule has 2 N–H and O–H groups in total. The summed E-state index contributed by atoms with van der Waals surface area (Å²) in [5.41, 5.74) is 2.06. The lowest BCUT2D eigenvalue weighted by molar-refractivity contribution is -0.118.